The molecule has 0 spiro atoms. The zero-order valence-electron chi connectivity index (χ0n) is 21.1. The predicted molar refractivity (Wildman–Crippen MR) is 150 cm³/mol. The van der Waals surface area contributed by atoms with Crippen molar-refractivity contribution >= 4 is 36.2 Å². The van der Waals surface area contributed by atoms with Gasteiger partial charge in [0.05, 0.1) is 11.2 Å². The van der Waals surface area contributed by atoms with Gasteiger partial charge in [0, 0.05) is 0 Å². The van der Waals surface area contributed by atoms with E-state index in [0.29, 0.717) is 0 Å². The van der Waals surface area contributed by atoms with Gasteiger partial charge in [-0.15, -0.1) is 0 Å². The summed E-state index contributed by atoms with van der Waals surface area (Å²) in [6.45, 7) is 10.9. The van der Waals surface area contributed by atoms with E-state index in [1.807, 2.05) is 0 Å². The summed E-state index contributed by atoms with van der Waals surface area (Å²) >= 11 is 0. The fourth-order valence-corrected chi connectivity index (χ4v) is 9.84. The molecule has 1 unspecified atom stereocenters. The SMILES string of the molecule is CC1(C)OB(c2ccccc2-c2ccc3c(c2)[Si](C)(c2ccccc2)c2ccccc2-3)OC1(C)C. The Morgan fingerprint density at radius 3 is 1.89 bits per heavy atom. The third-order valence-electron chi connectivity index (χ3n) is 8.44. The minimum absolute atomic E-state index is 0.372. The number of hydrogen-bond donors (Lipinski definition) is 0. The van der Waals surface area contributed by atoms with Crippen molar-refractivity contribution < 1.29 is 9.31 Å². The Labute approximate surface area is 210 Å². The zero-order valence-corrected chi connectivity index (χ0v) is 22.1. The number of rotatable bonds is 3. The summed E-state index contributed by atoms with van der Waals surface area (Å²) in [5.74, 6) is 0. The zero-order chi connectivity index (χ0) is 24.4. The van der Waals surface area contributed by atoms with Crippen molar-refractivity contribution in [2.75, 3.05) is 0 Å². The molecule has 6 rings (SSSR count). The lowest BCUT2D eigenvalue weighted by Gasteiger charge is -2.32. The molecule has 4 aromatic rings. The van der Waals surface area contributed by atoms with Crippen molar-refractivity contribution in [3.63, 3.8) is 0 Å². The molecular weight excluding hydrogens is 443 g/mol. The highest BCUT2D eigenvalue weighted by atomic mass is 28.3. The molecule has 2 heterocycles. The minimum Gasteiger partial charge on any atom is -0.399 e. The van der Waals surface area contributed by atoms with E-state index in [9.17, 15) is 0 Å². The van der Waals surface area contributed by atoms with E-state index in [-0.39, 0.29) is 18.3 Å². The summed E-state index contributed by atoms with van der Waals surface area (Å²) in [5.41, 5.74) is 5.49. The molecule has 1 atom stereocenters. The van der Waals surface area contributed by atoms with Crippen LogP contribution in [0.2, 0.25) is 6.55 Å². The van der Waals surface area contributed by atoms with Gasteiger partial charge < -0.3 is 9.31 Å². The molecule has 2 nitrogen and oxygen atoms in total. The smallest absolute Gasteiger partial charge is 0.399 e. The Morgan fingerprint density at radius 2 is 1.17 bits per heavy atom. The van der Waals surface area contributed by atoms with Crippen molar-refractivity contribution in [2.45, 2.75) is 45.4 Å². The maximum Gasteiger partial charge on any atom is 0.495 e. The van der Waals surface area contributed by atoms with Crippen LogP contribution >= 0.6 is 0 Å². The molecule has 4 heteroatoms. The first-order valence-corrected chi connectivity index (χ1v) is 15.0. The van der Waals surface area contributed by atoms with Crippen molar-refractivity contribution in [3.05, 3.63) is 97.1 Å². The second-order valence-electron chi connectivity index (χ2n) is 11.0. The van der Waals surface area contributed by atoms with Crippen LogP contribution in [0, 0.1) is 0 Å². The van der Waals surface area contributed by atoms with Crippen LogP contribution in [0.25, 0.3) is 22.3 Å². The molecule has 0 bridgehead atoms. The summed E-state index contributed by atoms with van der Waals surface area (Å²) in [6.07, 6.45) is 0. The molecule has 1 fully saturated rings. The van der Waals surface area contributed by atoms with Crippen LogP contribution in [-0.2, 0) is 9.31 Å². The van der Waals surface area contributed by atoms with E-state index in [4.69, 9.17) is 9.31 Å². The van der Waals surface area contributed by atoms with E-state index in [1.165, 1.54) is 37.8 Å². The standard InChI is InChI=1S/C31H31BO2Si/c1-30(2)31(3,4)34-32(33-30)27-17-11-9-15-24(27)22-19-20-26-25-16-10-12-18-28(25)35(5,29(26)21-22)23-13-7-6-8-14-23/h6-21H,1-5H3. The molecule has 0 saturated carbocycles. The molecule has 0 aliphatic carbocycles. The first-order valence-electron chi connectivity index (χ1n) is 12.5. The van der Waals surface area contributed by atoms with Crippen molar-refractivity contribution in [1.82, 2.24) is 0 Å². The van der Waals surface area contributed by atoms with Crippen LogP contribution in [0.1, 0.15) is 27.7 Å². The highest BCUT2D eigenvalue weighted by Crippen LogP contribution is 2.38. The van der Waals surface area contributed by atoms with Crippen LogP contribution in [0.3, 0.4) is 0 Å². The van der Waals surface area contributed by atoms with Crippen LogP contribution in [0.15, 0.2) is 97.1 Å². The Kier molecular flexibility index (Phi) is 5.02. The third kappa shape index (κ3) is 3.31. The van der Waals surface area contributed by atoms with Gasteiger partial charge in [-0.25, -0.2) is 0 Å². The number of hydrogen-bond acceptors (Lipinski definition) is 2. The molecule has 174 valence electrons. The minimum atomic E-state index is -2.13. The van der Waals surface area contributed by atoms with Gasteiger partial charge in [-0.05, 0) is 71.0 Å². The average Bonchev–Trinajstić information content (AvgIpc) is 3.26. The van der Waals surface area contributed by atoms with E-state index >= 15 is 0 Å². The average molecular weight is 474 g/mol. The van der Waals surface area contributed by atoms with Gasteiger partial charge >= 0.3 is 7.12 Å². The highest BCUT2D eigenvalue weighted by Gasteiger charge is 2.52. The molecule has 35 heavy (non-hydrogen) atoms. The van der Waals surface area contributed by atoms with Crippen LogP contribution in [0.5, 0.6) is 0 Å². The second-order valence-corrected chi connectivity index (χ2v) is 14.9. The summed E-state index contributed by atoms with van der Waals surface area (Å²) in [7, 11) is -2.51. The maximum atomic E-state index is 6.45. The Morgan fingerprint density at radius 1 is 0.600 bits per heavy atom. The van der Waals surface area contributed by atoms with Gasteiger partial charge in [0.15, 0.2) is 0 Å². The van der Waals surface area contributed by atoms with Gasteiger partial charge in [-0.1, -0.05) is 104 Å². The van der Waals surface area contributed by atoms with Crippen LogP contribution in [-0.4, -0.2) is 26.4 Å². The fourth-order valence-electron chi connectivity index (χ4n) is 5.68. The molecule has 0 aromatic heterocycles. The van der Waals surface area contributed by atoms with Crippen molar-refractivity contribution in [3.8, 4) is 22.3 Å². The molecule has 4 aromatic carbocycles. The fraction of sp³-hybridized carbons (Fsp3) is 0.226. The molecule has 2 aliphatic heterocycles. The molecule has 0 radical (unpaired) electrons. The van der Waals surface area contributed by atoms with E-state index < -0.39 is 8.07 Å². The quantitative estimate of drug-likeness (QED) is 0.400. The first-order chi connectivity index (χ1) is 16.7. The molecule has 1 saturated heterocycles. The van der Waals surface area contributed by atoms with Crippen molar-refractivity contribution in [2.24, 2.45) is 0 Å². The molecule has 2 aliphatic rings. The molecule has 0 N–H and O–H groups in total. The van der Waals surface area contributed by atoms with Gasteiger partial charge in [0.25, 0.3) is 0 Å². The Balaban J connectivity index is 1.51. The summed E-state index contributed by atoms with van der Waals surface area (Å²) in [5, 5.41) is 4.42. The Hall–Kier alpha value is -2.92. The van der Waals surface area contributed by atoms with E-state index in [0.717, 1.165) is 5.46 Å². The summed E-state index contributed by atoms with van der Waals surface area (Å²) in [6, 6.07) is 35.6. The number of benzene rings is 4. The highest BCUT2D eigenvalue weighted by molar-refractivity contribution is 7.13. The first kappa shape index (κ1) is 22.5. The van der Waals surface area contributed by atoms with Crippen LogP contribution in [0.4, 0.5) is 0 Å². The molecule has 0 amide bonds. The van der Waals surface area contributed by atoms with E-state index in [2.05, 4.69) is 131 Å². The lowest BCUT2D eigenvalue weighted by Crippen LogP contribution is -2.62. The Bertz CT molecular complexity index is 1410. The predicted octanol–water partition coefficient (Wildman–Crippen LogP) is 4.73. The maximum absolute atomic E-state index is 6.45. The van der Waals surface area contributed by atoms with Gasteiger partial charge in [0.1, 0.15) is 8.07 Å². The third-order valence-corrected chi connectivity index (χ3v) is 12.9. The monoisotopic (exact) mass is 474 g/mol. The van der Waals surface area contributed by atoms with Gasteiger partial charge in [-0.3, -0.25) is 0 Å². The lowest BCUT2D eigenvalue weighted by molar-refractivity contribution is 0.00578. The van der Waals surface area contributed by atoms with Gasteiger partial charge in [0.2, 0.25) is 0 Å². The van der Waals surface area contributed by atoms with Crippen LogP contribution < -0.4 is 21.0 Å². The van der Waals surface area contributed by atoms with Gasteiger partial charge in [-0.2, -0.15) is 0 Å². The second kappa shape index (κ2) is 7.79. The van der Waals surface area contributed by atoms with Crippen molar-refractivity contribution in [1.29, 1.82) is 0 Å². The lowest BCUT2D eigenvalue weighted by atomic mass is 9.74. The topological polar surface area (TPSA) is 18.5 Å². The number of fused-ring (bicyclic) bond motifs is 3. The molecular formula is C31H31BO2Si. The summed E-state index contributed by atoms with van der Waals surface area (Å²) in [4.78, 5) is 0. The largest absolute Gasteiger partial charge is 0.495 e. The summed E-state index contributed by atoms with van der Waals surface area (Å²) < 4.78 is 12.9. The van der Waals surface area contributed by atoms with E-state index in [1.54, 1.807) is 0 Å². The normalized spacial score (nSPS) is 21.6.